The van der Waals surface area contributed by atoms with Crippen molar-refractivity contribution in [1.29, 1.82) is 0 Å². The molecular weight excluding hydrogens is 107 g/mol. The molecule has 44 valence electrons. The molecule has 0 heterocycles. The van der Waals surface area contributed by atoms with Crippen LogP contribution in [0.5, 0.6) is 0 Å². The number of hydrogen-bond acceptors (Lipinski definition) is 1. The van der Waals surface area contributed by atoms with Gasteiger partial charge in [-0.3, -0.25) is 5.73 Å². The summed E-state index contributed by atoms with van der Waals surface area (Å²) in [7, 11) is 0. The smallest absolute Gasteiger partial charge is 0.270 e. The van der Waals surface area contributed by atoms with Gasteiger partial charge in [-0.05, 0) is 6.92 Å². The van der Waals surface area contributed by atoms with E-state index in [0.29, 0.717) is 6.92 Å². The van der Waals surface area contributed by atoms with Gasteiger partial charge in [0, 0.05) is 0 Å². The fourth-order valence-corrected chi connectivity index (χ4v) is 0. The molecule has 0 saturated heterocycles. The Bertz CT molecular complexity index is 55.7. The van der Waals surface area contributed by atoms with E-state index in [0.717, 1.165) is 0 Å². The number of hydrogen-bond donors (Lipinski definition) is 1. The first-order chi connectivity index (χ1) is 2.94. The van der Waals surface area contributed by atoms with Gasteiger partial charge in [0.05, 0.1) is 0 Å². The molecule has 7 heavy (non-hydrogen) atoms. The van der Waals surface area contributed by atoms with Gasteiger partial charge in [-0.1, -0.05) is 0 Å². The average molecular weight is 113 g/mol. The first-order valence-electron chi connectivity index (χ1n) is 1.75. The van der Waals surface area contributed by atoms with Crippen molar-refractivity contribution in [2.45, 2.75) is 19.1 Å². The first-order valence-corrected chi connectivity index (χ1v) is 1.75. The standard InChI is InChI=1S/C3H6F3N/c1-2(4)3(5,6)7/h2H,7H2,1H3. The lowest BCUT2D eigenvalue weighted by atomic mass is 10.4. The van der Waals surface area contributed by atoms with Gasteiger partial charge in [0.15, 0.2) is 6.17 Å². The highest BCUT2D eigenvalue weighted by molar-refractivity contribution is 4.62. The molecule has 0 aliphatic heterocycles. The minimum Gasteiger partial charge on any atom is -0.270 e. The molecule has 1 unspecified atom stereocenters. The Balaban J connectivity index is 3.54. The second-order valence-corrected chi connectivity index (χ2v) is 1.29. The first kappa shape index (κ1) is 6.75. The normalized spacial score (nSPS) is 16.7. The molecule has 0 bridgehead atoms. The summed E-state index contributed by atoms with van der Waals surface area (Å²) < 4.78 is 33.8. The van der Waals surface area contributed by atoms with Crippen LogP contribution in [0.25, 0.3) is 0 Å². The predicted octanol–water partition coefficient (Wildman–Crippen LogP) is 0.896. The topological polar surface area (TPSA) is 26.0 Å². The van der Waals surface area contributed by atoms with Crippen LogP contribution in [-0.4, -0.2) is 12.2 Å². The van der Waals surface area contributed by atoms with E-state index in [1.165, 1.54) is 0 Å². The summed E-state index contributed by atoms with van der Waals surface area (Å²) in [5.74, 6) is 0. The highest BCUT2D eigenvalue weighted by Gasteiger charge is 2.30. The lowest BCUT2D eigenvalue weighted by molar-refractivity contribution is -0.0586. The van der Waals surface area contributed by atoms with Gasteiger partial charge in [0.1, 0.15) is 0 Å². The molecule has 4 heteroatoms. The molecule has 0 aromatic carbocycles. The van der Waals surface area contributed by atoms with E-state index in [2.05, 4.69) is 5.73 Å². The van der Waals surface area contributed by atoms with Crippen LogP contribution in [0, 0.1) is 0 Å². The molecule has 1 nitrogen and oxygen atoms in total. The van der Waals surface area contributed by atoms with Gasteiger partial charge in [-0.15, -0.1) is 0 Å². The average Bonchev–Trinajstić information content (AvgIpc) is 1.31. The maximum absolute atomic E-state index is 11.3. The lowest BCUT2D eigenvalue weighted by Crippen LogP contribution is -2.37. The Labute approximate surface area is 39.3 Å². The fraction of sp³-hybridized carbons (Fsp3) is 1.00. The van der Waals surface area contributed by atoms with Crippen LogP contribution in [0.15, 0.2) is 0 Å². The van der Waals surface area contributed by atoms with Gasteiger partial charge >= 0.3 is 6.05 Å². The molecule has 0 rings (SSSR count). The third-order valence-corrected chi connectivity index (χ3v) is 0.530. The van der Waals surface area contributed by atoms with Crippen molar-refractivity contribution in [2.24, 2.45) is 5.73 Å². The Morgan fingerprint density at radius 2 is 1.71 bits per heavy atom. The lowest BCUT2D eigenvalue weighted by Gasteiger charge is -2.08. The summed E-state index contributed by atoms with van der Waals surface area (Å²) in [6, 6.07) is -3.67. The van der Waals surface area contributed by atoms with E-state index in [-0.39, 0.29) is 0 Å². The number of halogens is 3. The van der Waals surface area contributed by atoms with Crippen molar-refractivity contribution in [3.63, 3.8) is 0 Å². The zero-order chi connectivity index (χ0) is 6.08. The molecule has 0 aromatic heterocycles. The van der Waals surface area contributed by atoms with Crippen molar-refractivity contribution in [2.75, 3.05) is 0 Å². The largest absolute Gasteiger partial charge is 0.330 e. The molecule has 0 radical (unpaired) electrons. The van der Waals surface area contributed by atoms with Crippen LogP contribution in [0.3, 0.4) is 0 Å². The van der Waals surface area contributed by atoms with E-state index < -0.39 is 12.2 Å². The van der Waals surface area contributed by atoms with Gasteiger partial charge < -0.3 is 0 Å². The molecular formula is C3H6F3N. The second-order valence-electron chi connectivity index (χ2n) is 1.29. The van der Waals surface area contributed by atoms with Crippen LogP contribution in [0.4, 0.5) is 13.2 Å². The van der Waals surface area contributed by atoms with Crippen molar-refractivity contribution in [3.8, 4) is 0 Å². The highest BCUT2D eigenvalue weighted by Crippen LogP contribution is 2.12. The maximum Gasteiger partial charge on any atom is 0.330 e. The summed E-state index contributed by atoms with van der Waals surface area (Å²) >= 11 is 0. The van der Waals surface area contributed by atoms with Gasteiger partial charge in [-0.25, -0.2) is 4.39 Å². The fourth-order valence-electron chi connectivity index (χ4n) is 0. The van der Waals surface area contributed by atoms with E-state index in [1.54, 1.807) is 0 Å². The molecule has 0 aliphatic carbocycles. The molecule has 0 aromatic rings. The van der Waals surface area contributed by atoms with Crippen LogP contribution < -0.4 is 5.73 Å². The molecule has 0 spiro atoms. The second kappa shape index (κ2) is 1.69. The van der Waals surface area contributed by atoms with Gasteiger partial charge in [-0.2, -0.15) is 8.78 Å². The summed E-state index contributed by atoms with van der Waals surface area (Å²) in [4.78, 5) is 0. The highest BCUT2D eigenvalue weighted by atomic mass is 19.3. The van der Waals surface area contributed by atoms with E-state index in [1.807, 2.05) is 0 Å². The zero-order valence-electron chi connectivity index (χ0n) is 3.79. The third kappa shape index (κ3) is 2.45. The van der Waals surface area contributed by atoms with Gasteiger partial charge in [0.25, 0.3) is 0 Å². The van der Waals surface area contributed by atoms with E-state index in [4.69, 9.17) is 0 Å². The SMILES string of the molecule is CC(F)C(N)(F)F. The van der Waals surface area contributed by atoms with Crippen LogP contribution in [0.1, 0.15) is 6.92 Å². The minimum absolute atomic E-state index is 0.708. The minimum atomic E-state index is -3.67. The zero-order valence-corrected chi connectivity index (χ0v) is 3.79. The molecule has 2 N–H and O–H groups in total. The van der Waals surface area contributed by atoms with Crippen LogP contribution >= 0.6 is 0 Å². The van der Waals surface area contributed by atoms with Crippen molar-refractivity contribution in [3.05, 3.63) is 0 Å². The van der Waals surface area contributed by atoms with E-state index in [9.17, 15) is 13.2 Å². The van der Waals surface area contributed by atoms with Crippen molar-refractivity contribution in [1.82, 2.24) is 0 Å². The molecule has 1 atom stereocenters. The Morgan fingerprint density at radius 1 is 1.57 bits per heavy atom. The summed E-state index contributed by atoms with van der Waals surface area (Å²) in [5.41, 5.74) is 3.97. The number of rotatable bonds is 1. The monoisotopic (exact) mass is 113 g/mol. The Hall–Kier alpha value is -0.250. The maximum atomic E-state index is 11.3. The molecule has 0 aliphatic rings. The predicted molar refractivity (Wildman–Crippen MR) is 19.7 cm³/mol. The summed E-state index contributed by atoms with van der Waals surface area (Å²) in [6.45, 7) is 0.708. The summed E-state index contributed by atoms with van der Waals surface area (Å²) in [5, 5.41) is 0. The van der Waals surface area contributed by atoms with Gasteiger partial charge in [0.2, 0.25) is 0 Å². The Kier molecular flexibility index (Phi) is 1.63. The van der Waals surface area contributed by atoms with E-state index >= 15 is 0 Å². The quantitative estimate of drug-likeness (QED) is 0.502. The number of alkyl halides is 3. The van der Waals surface area contributed by atoms with Crippen LogP contribution in [0.2, 0.25) is 0 Å². The van der Waals surface area contributed by atoms with Crippen LogP contribution in [-0.2, 0) is 0 Å². The Morgan fingerprint density at radius 3 is 1.71 bits per heavy atom. The number of nitrogens with two attached hydrogens (primary N) is 1. The molecule has 0 fully saturated rings. The molecule has 0 amide bonds. The van der Waals surface area contributed by atoms with Crippen molar-refractivity contribution >= 4 is 0 Å². The third-order valence-electron chi connectivity index (χ3n) is 0.530. The molecule has 0 saturated carbocycles. The summed E-state index contributed by atoms with van der Waals surface area (Å²) in [6.07, 6.45) is -2.26. The van der Waals surface area contributed by atoms with Crippen molar-refractivity contribution < 1.29 is 13.2 Å².